The van der Waals surface area contributed by atoms with Crippen LogP contribution in [0.1, 0.15) is 59.3 Å². The third-order valence-corrected chi connectivity index (χ3v) is 7.22. The third kappa shape index (κ3) is 4.85. The summed E-state index contributed by atoms with van der Waals surface area (Å²) in [7, 11) is 0. The van der Waals surface area contributed by atoms with Gasteiger partial charge in [-0.2, -0.15) is 0 Å². The molecule has 3 amide bonds. The Kier molecular flexibility index (Phi) is 6.63. The van der Waals surface area contributed by atoms with Crippen LogP contribution in [0.2, 0.25) is 0 Å². The number of nitrogens with one attached hydrogen (secondary N) is 3. The summed E-state index contributed by atoms with van der Waals surface area (Å²) in [6.45, 7) is 6.96. The fourth-order valence-electron chi connectivity index (χ4n) is 6.25. The molecule has 0 aromatic rings. The molecule has 4 aliphatic carbocycles. The molecule has 4 fully saturated rings. The van der Waals surface area contributed by atoms with Crippen LogP contribution in [0.25, 0.3) is 0 Å². The van der Waals surface area contributed by atoms with Crippen molar-refractivity contribution in [1.29, 1.82) is 0 Å². The minimum absolute atomic E-state index is 0.0102. The van der Waals surface area contributed by atoms with Gasteiger partial charge in [0, 0.05) is 6.04 Å². The summed E-state index contributed by atoms with van der Waals surface area (Å²) >= 11 is 0. The summed E-state index contributed by atoms with van der Waals surface area (Å²) in [6, 6.07) is 0.180. The zero-order chi connectivity index (χ0) is 20.3. The van der Waals surface area contributed by atoms with Gasteiger partial charge in [0.05, 0.1) is 13.2 Å². The molecule has 158 valence electrons. The highest BCUT2D eigenvalue weighted by Gasteiger charge is 2.53. The first kappa shape index (κ1) is 21.1. The number of hydrogen-bond acceptors (Lipinski definition) is 4. The Morgan fingerprint density at radius 1 is 1.00 bits per heavy atom. The van der Waals surface area contributed by atoms with E-state index in [1.54, 1.807) is 6.92 Å². The second-order valence-corrected chi connectivity index (χ2v) is 9.29. The number of likely N-dealkylation sites (N-methyl/N-ethyl adjacent to an activating group) is 1. The predicted molar refractivity (Wildman–Crippen MR) is 105 cm³/mol. The summed E-state index contributed by atoms with van der Waals surface area (Å²) < 4.78 is 4.72. The molecule has 0 aromatic heterocycles. The Bertz CT molecular complexity index is 571. The second-order valence-electron chi connectivity index (χ2n) is 9.29. The second kappa shape index (κ2) is 8.80. The Labute approximate surface area is 167 Å². The molecule has 0 heterocycles. The standard InChI is InChI=1S/C21H35N3O4/c1-4-24(13-19(26)23-20(27)28-5-2)12-18(25)22-14(3)21-9-15-6-16(10-21)8-17(7-15)11-21/h14-17H,4-13H2,1-3H3,(H,22,25)(H,23,26,27)/p+1/t14-,15?,16?,17?,21?/m0/s1. The fraction of sp³-hybridized carbons (Fsp3) is 0.857. The lowest BCUT2D eigenvalue weighted by atomic mass is 9.48. The van der Waals surface area contributed by atoms with E-state index in [0.29, 0.717) is 6.54 Å². The average Bonchev–Trinajstić information content (AvgIpc) is 2.59. The van der Waals surface area contributed by atoms with Gasteiger partial charge in [-0.25, -0.2) is 4.79 Å². The maximum absolute atomic E-state index is 12.7. The molecule has 4 aliphatic rings. The topological polar surface area (TPSA) is 88.9 Å². The van der Waals surface area contributed by atoms with Crippen LogP contribution in [0.4, 0.5) is 4.79 Å². The van der Waals surface area contributed by atoms with Crippen molar-refractivity contribution < 1.29 is 24.0 Å². The molecule has 0 aromatic carbocycles. The van der Waals surface area contributed by atoms with Gasteiger partial charge >= 0.3 is 6.09 Å². The smallest absolute Gasteiger partial charge is 0.414 e. The minimum Gasteiger partial charge on any atom is -0.450 e. The highest BCUT2D eigenvalue weighted by Crippen LogP contribution is 2.61. The Morgan fingerprint density at radius 3 is 2.04 bits per heavy atom. The summed E-state index contributed by atoms with van der Waals surface area (Å²) in [4.78, 5) is 36.8. The molecule has 0 saturated heterocycles. The molecule has 7 nitrogen and oxygen atoms in total. The monoisotopic (exact) mass is 394 g/mol. The van der Waals surface area contributed by atoms with Crippen molar-refractivity contribution in [2.75, 3.05) is 26.2 Å². The van der Waals surface area contributed by atoms with E-state index in [0.717, 1.165) is 22.7 Å². The highest BCUT2D eigenvalue weighted by molar-refractivity contribution is 5.92. The molecule has 2 atom stereocenters. The van der Waals surface area contributed by atoms with Crippen LogP contribution in [0.3, 0.4) is 0 Å². The van der Waals surface area contributed by atoms with Crippen molar-refractivity contribution in [2.45, 2.75) is 65.3 Å². The first-order chi connectivity index (χ1) is 13.3. The summed E-state index contributed by atoms with van der Waals surface area (Å²) in [5.41, 5.74) is 0.276. The van der Waals surface area contributed by atoms with Crippen LogP contribution >= 0.6 is 0 Å². The van der Waals surface area contributed by atoms with Crippen LogP contribution < -0.4 is 15.5 Å². The predicted octanol–water partition coefficient (Wildman–Crippen LogP) is 0.885. The van der Waals surface area contributed by atoms with Gasteiger partial charge in [-0.15, -0.1) is 0 Å². The van der Waals surface area contributed by atoms with Gasteiger partial charge in [0.1, 0.15) is 0 Å². The van der Waals surface area contributed by atoms with E-state index < -0.39 is 12.0 Å². The van der Waals surface area contributed by atoms with Gasteiger partial charge in [0.25, 0.3) is 11.8 Å². The first-order valence-corrected chi connectivity index (χ1v) is 10.9. The molecular formula is C21H36N3O4+. The normalized spacial score (nSPS) is 32.5. The Morgan fingerprint density at radius 2 is 1.54 bits per heavy atom. The number of carbonyl (C=O) groups is 3. The van der Waals surface area contributed by atoms with Crippen LogP contribution in [0.15, 0.2) is 0 Å². The van der Waals surface area contributed by atoms with Gasteiger partial charge in [0.15, 0.2) is 13.1 Å². The molecule has 3 N–H and O–H groups in total. The van der Waals surface area contributed by atoms with Gasteiger partial charge in [-0.3, -0.25) is 14.9 Å². The lowest BCUT2D eigenvalue weighted by molar-refractivity contribution is -0.881. The maximum Gasteiger partial charge on any atom is 0.414 e. The van der Waals surface area contributed by atoms with Gasteiger partial charge in [0.2, 0.25) is 0 Å². The van der Waals surface area contributed by atoms with Crippen molar-refractivity contribution in [1.82, 2.24) is 10.6 Å². The average molecular weight is 395 g/mol. The minimum atomic E-state index is -0.733. The number of amides is 3. The molecule has 0 radical (unpaired) electrons. The van der Waals surface area contributed by atoms with E-state index in [9.17, 15) is 14.4 Å². The van der Waals surface area contributed by atoms with Crippen molar-refractivity contribution in [3.8, 4) is 0 Å². The van der Waals surface area contributed by atoms with Crippen LogP contribution in [0, 0.1) is 23.2 Å². The fourth-order valence-corrected chi connectivity index (χ4v) is 6.25. The van der Waals surface area contributed by atoms with Crippen molar-refractivity contribution >= 4 is 17.9 Å². The zero-order valence-electron chi connectivity index (χ0n) is 17.5. The quantitative estimate of drug-likeness (QED) is 0.570. The summed E-state index contributed by atoms with van der Waals surface area (Å²) in [5, 5.41) is 5.45. The molecular weight excluding hydrogens is 358 g/mol. The van der Waals surface area contributed by atoms with E-state index in [-0.39, 0.29) is 37.1 Å². The zero-order valence-corrected chi connectivity index (χ0v) is 17.5. The molecule has 0 spiro atoms. The van der Waals surface area contributed by atoms with Crippen molar-refractivity contribution in [3.05, 3.63) is 0 Å². The number of rotatable bonds is 8. The maximum atomic E-state index is 12.7. The number of ether oxygens (including phenoxy) is 1. The first-order valence-electron chi connectivity index (χ1n) is 10.9. The lowest BCUT2D eigenvalue weighted by Gasteiger charge is -2.59. The van der Waals surface area contributed by atoms with Gasteiger partial charge in [-0.1, -0.05) is 0 Å². The largest absolute Gasteiger partial charge is 0.450 e. The van der Waals surface area contributed by atoms with Gasteiger partial charge < -0.3 is 15.0 Å². The summed E-state index contributed by atoms with van der Waals surface area (Å²) in [5.74, 6) is 2.14. The highest BCUT2D eigenvalue weighted by atomic mass is 16.5. The Hall–Kier alpha value is -1.63. The summed E-state index contributed by atoms with van der Waals surface area (Å²) in [6.07, 6.45) is 7.21. The lowest BCUT2D eigenvalue weighted by Crippen LogP contribution is -3.14. The van der Waals surface area contributed by atoms with Gasteiger partial charge in [-0.05, 0) is 82.5 Å². The number of alkyl carbamates (subject to hydrolysis) is 1. The Balaban J connectivity index is 1.48. The molecule has 28 heavy (non-hydrogen) atoms. The van der Waals surface area contributed by atoms with Crippen molar-refractivity contribution in [3.63, 3.8) is 0 Å². The molecule has 4 saturated carbocycles. The SMILES string of the molecule is CCOC(=O)NC(=O)C[NH+](CC)CC(=O)N[C@@H](C)C12CC3CC(CC(C3)C1)C2. The van der Waals surface area contributed by atoms with E-state index in [4.69, 9.17) is 4.74 Å². The van der Waals surface area contributed by atoms with Crippen LogP contribution in [-0.2, 0) is 14.3 Å². The molecule has 7 heteroatoms. The number of hydrogen-bond donors (Lipinski definition) is 3. The van der Waals surface area contributed by atoms with E-state index in [1.807, 2.05) is 6.92 Å². The number of imide groups is 1. The van der Waals surface area contributed by atoms with E-state index in [1.165, 1.54) is 38.5 Å². The van der Waals surface area contributed by atoms with Crippen molar-refractivity contribution in [2.24, 2.45) is 23.2 Å². The molecule has 0 aliphatic heterocycles. The number of carbonyl (C=O) groups excluding carboxylic acids is 3. The number of quaternary nitrogens is 1. The molecule has 4 bridgehead atoms. The molecule has 4 rings (SSSR count). The molecule has 1 unspecified atom stereocenters. The van der Waals surface area contributed by atoms with Crippen LogP contribution in [-0.4, -0.2) is 50.2 Å². The van der Waals surface area contributed by atoms with Crippen LogP contribution in [0.5, 0.6) is 0 Å². The van der Waals surface area contributed by atoms with E-state index in [2.05, 4.69) is 17.6 Å². The van der Waals surface area contributed by atoms with E-state index >= 15 is 0 Å². The third-order valence-electron chi connectivity index (χ3n) is 7.22.